The maximum absolute atomic E-state index is 12.5. The van der Waals surface area contributed by atoms with E-state index in [2.05, 4.69) is 15.8 Å². The third-order valence-electron chi connectivity index (χ3n) is 5.50. The highest BCUT2D eigenvalue weighted by molar-refractivity contribution is 6.03. The van der Waals surface area contributed by atoms with Crippen molar-refractivity contribution in [1.82, 2.24) is 10.6 Å². The second kappa shape index (κ2) is 15.0. The number of amides is 2. The molecule has 15 heteroatoms. The molecule has 0 saturated heterocycles. The summed E-state index contributed by atoms with van der Waals surface area (Å²) in [5.41, 5.74) is 8.51. The molecule has 220 valence electrons. The fourth-order valence-corrected chi connectivity index (χ4v) is 3.49. The van der Waals surface area contributed by atoms with E-state index < -0.39 is 48.5 Å². The fourth-order valence-electron chi connectivity index (χ4n) is 3.49. The second-order valence-corrected chi connectivity index (χ2v) is 8.71. The zero-order valence-electron chi connectivity index (χ0n) is 21.5. The summed E-state index contributed by atoms with van der Waals surface area (Å²) in [6.45, 7) is 0.320. The lowest BCUT2D eigenvalue weighted by Gasteiger charge is -2.18. The van der Waals surface area contributed by atoms with E-state index in [4.69, 9.17) is 31.0 Å². The van der Waals surface area contributed by atoms with Gasteiger partial charge in [-0.05, 0) is 17.5 Å². The van der Waals surface area contributed by atoms with Gasteiger partial charge in [-0.1, -0.05) is 59.8 Å². The number of nitrogens with one attached hydrogen (secondary N) is 3. The summed E-state index contributed by atoms with van der Waals surface area (Å²) in [4.78, 5) is 50.4. The van der Waals surface area contributed by atoms with E-state index in [0.717, 1.165) is 11.1 Å². The van der Waals surface area contributed by atoms with Gasteiger partial charge in [-0.15, -0.1) is 0 Å². The van der Waals surface area contributed by atoms with Crippen molar-refractivity contribution in [1.29, 1.82) is 5.41 Å². The van der Waals surface area contributed by atoms with Crippen LogP contribution in [0.5, 0.6) is 0 Å². The van der Waals surface area contributed by atoms with Crippen molar-refractivity contribution in [2.24, 2.45) is 10.9 Å². The van der Waals surface area contributed by atoms with Crippen molar-refractivity contribution in [2.45, 2.75) is 44.0 Å². The Hall–Kier alpha value is -4.95. The van der Waals surface area contributed by atoms with Crippen LogP contribution >= 0.6 is 0 Å². The molecule has 1 aliphatic heterocycles. The van der Waals surface area contributed by atoms with Crippen LogP contribution in [0.3, 0.4) is 0 Å². The molecular weight excluding hydrogens is 551 g/mol. The van der Waals surface area contributed by atoms with Crippen molar-refractivity contribution in [3.8, 4) is 0 Å². The molecule has 3 rings (SSSR count). The highest BCUT2D eigenvalue weighted by Crippen LogP contribution is 2.19. The molecular formula is C26H28F3N5O7. The van der Waals surface area contributed by atoms with E-state index in [1.807, 2.05) is 30.3 Å². The number of benzene rings is 2. The molecule has 7 N–H and O–H groups in total. The number of hydrogen-bond acceptors (Lipinski definition) is 7. The van der Waals surface area contributed by atoms with E-state index in [9.17, 15) is 27.6 Å². The highest BCUT2D eigenvalue weighted by Gasteiger charge is 2.38. The molecule has 0 saturated carbocycles. The first-order valence-electron chi connectivity index (χ1n) is 12.1. The number of hydrogen-bond donors (Lipinski definition) is 6. The van der Waals surface area contributed by atoms with Crippen LogP contribution in [-0.4, -0.2) is 70.4 Å². The molecule has 0 radical (unpaired) electrons. The van der Waals surface area contributed by atoms with Gasteiger partial charge < -0.3 is 31.4 Å². The smallest absolute Gasteiger partial charge is 0.481 e. The molecule has 0 bridgehead atoms. The standard InChI is InChI=1S/C24H27N5O5.C2HF3O2/c25-23(26)17-8-6-16(7-9-17)19-12-18(34-29-19)13-21(30)28-20(14-22(31)32)24(33)27-11-10-15-4-2-1-3-5-15;3-2(4,5)1(6)7/h1-9,18,20H,10-14H2,(H3,25,26)(H,27,33)(H,28,30)(H,31,32);(H,6,7)/t18?,20-;/m0./s1. The van der Waals surface area contributed by atoms with Crippen molar-refractivity contribution in [3.05, 3.63) is 71.3 Å². The van der Waals surface area contributed by atoms with Gasteiger partial charge in [-0.25, -0.2) is 4.79 Å². The lowest BCUT2D eigenvalue weighted by molar-refractivity contribution is -0.192. The molecule has 2 aromatic rings. The number of aliphatic carboxylic acids is 2. The Morgan fingerprint density at radius 2 is 1.68 bits per heavy atom. The van der Waals surface area contributed by atoms with Gasteiger partial charge in [0.1, 0.15) is 18.0 Å². The lowest BCUT2D eigenvalue weighted by Crippen LogP contribution is -2.48. The fraction of sp³-hybridized carbons (Fsp3) is 0.308. The monoisotopic (exact) mass is 579 g/mol. The number of halogens is 3. The van der Waals surface area contributed by atoms with E-state index in [-0.39, 0.29) is 12.3 Å². The third-order valence-corrected chi connectivity index (χ3v) is 5.50. The topological polar surface area (TPSA) is 204 Å². The van der Waals surface area contributed by atoms with E-state index in [1.165, 1.54) is 0 Å². The van der Waals surface area contributed by atoms with Crippen molar-refractivity contribution < 1.29 is 47.4 Å². The van der Waals surface area contributed by atoms with Gasteiger partial charge in [-0.3, -0.25) is 19.8 Å². The molecule has 2 amide bonds. The summed E-state index contributed by atoms with van der Waals surface area (Å²) >= 11 is 0. The van der Waals surface area contributed by atoms with Crippen LogP contribution in [0.4, 0.5) is 13.2 Å². The number of carboxylic acid groups (broad SMARTS) is 2. The van der Waals surface area contributed by atoms with Gasteiger partial charge in [0.15, 0.2) is 0 Å². The number of nitrogens with zero attached hydrogens (tertiary/aromatic N) is 1. The number of amidine groups is 1. The third kappa shape index (κ3) is 11.4. The van der Waals surface area contributed by atoms with Crippen LogP contribution in [0, 0.1) is 5.41 Å². The lowest BCUT2D eigenvalue weighted by atomic mass is 10.0. The minimum absolute atomic E-state index is 0.0364. The summed E-state index contributed by atoms with van der Waals surface area (Å²) < 4.78 is 31.7. The number of carbonyl (C=O) groups is 4. The SMILES string of the molecule is N=C(N)c1ccc(C2=NOC(CC(=O)N[C@@H](CC(=O)O)C(=O)NCCc3ccccc3)C2)cc1.O=C(O)C(F)(F)F. The van der Waals surface area contributed by atoms with Gasteiger partial charge >= 0.3 is 18.1 Å². The van der Waals surface area contributed by atoms with Gasteiger partial charge in [0.2, 0.25) is 11.8 Å². The predicted molar refractivity (Wildman–Crippen MR) is 139 cm³/mol. The van der Waals surface area contributed by atoms with Crippen LogP contribution in [-0.2, 0) is 30.4 Å². The first-order valence-corrected chi connectivity index (χ1v) is 12.1. The van der Waals surface area contributed by atoms with Crippen LogP contribution in [0.25, 0.3) is 0 Å². The number of carboxylic acids is 2. The molecule has 0 fully saturated rings. The molecule has 12 nitrogen and oxygen atoms in total. The predicted octanol–water partition coefficient (Wildman–Crippen LogP) is 1.81. The number of oxime groups is 1. The van der Waals surface area contributed by atoms with Crippen LogP contribution < -0.4 is 16.4 Å². The molecule has 0 spiro atoms. The number of nitrogens with two attached hydrogens (primary N) is 1. The maximum atomic E-state index is 12.5. The molecule has 1 unspecified atom stereocenters. The van der Waals surface area contributed by atoms with Crippen molar-refractivity contribution in [2.75, 3.05) is 6.54 Å². The van der Waals surface area contributed by atoms with Crippen LogP contribution in [0.15, 0.2) is 59.8 Å². The number of carbonyl (C=O) groups excluding carboxylic acids is 2. The quantitative estimate of drug-likeness (QED) is 0.171. The minimum Gasteiger partial charge on any atom is -0.481 e. The maximum Gasteiger partial charge on any atom is 0.490 e. The number of alkyl halides is 3. The van der Waals surface area contributed by atoms with Crippen molar-refractivity contribution in [3.63, 3.8) is 0 Å². The average molecular weight is 580 g/mol. The molecule has 1 heterocycles. The van der Waals surface area contributed by atoms with Gasteiger partial charge in [0.05, 0.1) is 18.6 Å². The van der Waals surface area contributed by atoms with Crippen molar-refractivity contribution >= 4 is 35.3 Å². The first-order chi connectivity index (χ1) is 19.3. The van der Waals surface area contributed by atoms with E-state index >= 15 is 0 Å². The van der Waals surface area contributed by atoms with Gasteiger partial charge in [0, 0.05) is 18.5 Å². The molecule has 2 atom stereocenters. The van der Waals surface area contributed by atoms with Gasteiger partial charge in [-0.2, -0.15) is 13.2 Å². The number of nitrogen functional groups attached to an aromatic ring is 1. The Bertz CT molecular complexity index is 1270. The highest BCUT2D eigenvalue weighted by atomic mass is 19.4. The first kappa shape index (κ1) is 32.3. The molecule has 0 aromatic heterocycles. The zero-order valence-corrected chi connectivity index (χ0v) is 21.5. The van der Waals surface area contributed by atoms with E-state index in [0.29, 0.717) is 30.7 Å². The Morgan fingerprint density at radius 1 is 1.07 bits per heavy atom. The van der Waals surface area contributed by atoms with E-state index in [1.54, 1.807) is 24.3 Å². The van der Waals surface area contributed by atoms with Crippen LogP contribution in [0.1, 0.15) is 36.0 Å². The largest absolute Gasteiger partial charge is 0.490 e. The Kier molecular flexibility index (Phi) is 11.8. The minimum atomic E-state index is -5.08. The second-order valence-electron chi connectivity index (χ2n) is 8.71. The molecule has 1 aliphatic rings. The molecule has 2 aromatic carbocycles. The Balaban J connectivity index is 0.000000745. The summed E-state index contributed by atoms with van der Waals surface area (Å²) in [7, 11) is 0. The summed E-state index contributed by atoms with van der Waals surface area (Å²) in [6.07, 6.45) is -5.26. The van der Waals surface area contributed by atoms with Crippen LogP contribution in [0.2, 0.25) is 0 Å². The zero-order chi connectivity index (χ0) is 30.6. The summed E-state index contributed by atoms with van der Waals surface area (Å²) in [5, 5.41) is 32.9. The molecule has 0 aliphatic carbocycles. The Morgan fingerprint density at radius 3 is 2.22 bits per heavy atom. The number of rotatable bonds is 11. The molecule has 41 heavy (non-hydrogen) atoms. The average Bonchev–Trinajstić information content (AvgIpc) is 3.36. The van der Waals surface area contributed by atoms with Gasteiger partial charge in [0.25, 0.3) is 0 Å². The summed E-state index contributed by atoms with van der Waals surface area (Å²) in [5.74, 6) is -5.04. The Labute approximate surface area is 231 Å². The summed E-state index contributed by atoms with van der Waals surface area (Å²) in [6, 6.07) is 15.3. The normalized spacial score (nSPS) is 14.8.